The Bertz CT molecular complexity index is 545. The summed E-state index contributed by atoms with van der Waals surface area (Å²) in [6, 6.07) is 7.92. The number of unbranched alkanes of at least 4 members (excludes halogenated alkanes) is 15. The van der Waals surface area contributed by atoms with Gasteiger partial charge in [0.05, 0.1) is 7.11 Å². The Morgan fingerprint density at radius 2 is 1.09 bits per heavy atom. The molecule has 0 atom stereocenters. The van der Waals surface area contributed by atoms with Crippen LogP contribution in [-0.4, -0.2) is 26.2 Å². The number of ether oxygens (including phenoxy) is 1. The lowest BCUT2D eigenvalue weighted by atomic mass is 10.0. The topological polar surface area (TPSA) is 50.4 Å². The minimum Gasteiger partial charge on any atom is -0.497 e. The fourth-order valence-corrected chi connectivity index (χ4v) is 4.05. The molecule has 0 radical (unpaired) electrons. The van der Waals surface area contributed by atoms with Crippen LogP contribution in [0.4, 0.5) is 4.79 Å². The van der Waals surface area contributed by atoms with Crippen LogP contribution in [0, 0.1) is 0 Å². The van der Waals surface area contributed by atoms with Gasteiger partial charge in [0.15, 0.2) is 0 Å². The Morgan fingerprint density at radius 1 is 0.656 bits per heavy atom. The summed E-state index contributed by atoms with van der Waals surface area (Å²) in [5, 5.41) is 5.90. The van der Waals surface area contributed by atoms with E-state index in [1.165, 1.54) is 102 Å². The van der Waals surface area contributed by atoms with Crippen molar-refractivity contribution < 1.29 is 9.53 Å². The summed E-state index contributed by atoms with van der Waals surface area (Å²) in [4.78, 5) is 11.9. The van der Waals surface area contributed by atoms with Crippen LogP contribution >= 0.6 is 0 Å². The molecule has 0 fully saturated rings. The molecule has 1 aromatic carbocycles. The van der Waals surface area contributed by atoms with E-state index in [0.29, 0.717) is 6.54 Å². The normalized spacial score (nSPS) is 10.8. The van der Waals surface area contributed by atoms with Gasteiger partial charge in [-0.15, -0.1) is 0 Å². The standard InChI is InChI=1S/C28H50N2O2/c1-3-4-5-6-7-8-9-10-11-12-13-14-15-16-17-18-24-29-28(31)30-25-23-26-19-21-27(32-2)22-20-26/h19-22H,3-18,23-25H2,1-2H3,(H2,29,30,31). The van der Waals surface area contributed by atoms with Gasteiger partial charge in [0.25, 0.3) is 0 Å². The van der Waals surface area contributed by atoms with Crippen LogP contribution < -0.4 is 15.4 Å². The van der Waals surface area contributed by atoms with Crippen molar-refractivity contribution >= 4 is 6.03 Å². The third-order valence-electron chi connectivity index (χ3n) is 6.17. The summed E-state index contributed by atoms with van der Waals surface area (Å²) in [7, 11) is 1.67. The van der Waals surface area contributed by atoms with Crippen LogP contribution in [0.25, 0.3) is 0 Å². The predicted molar refractivity (Wildman–Crippen MR) is 138 cm³/mol. The van der Waals surface area contributed by atoms with E-state index < -0.39 is 0 Å². The first kappa shape index (κ1) is 28.3. The summed E-state index contributed by atoms with van der Waals surface area (Å²) < 4.78 is 5.16. The second-order valence-electron chi connectivity index (χ2n) is 9.08. The van der Waals surface area contributed by atoms with E-state index in [2.05, 4.69) is 17.6 Å². The zero-order valence-electron chi connectivity index (χ0n) is 21.1. The van der Waals surface area contributed by atoms with Crippen LogP contribution in [0.5, 0.6) is 5.75 Å². The van der Waals surface area contributed by atoms with Crippen molar-refractivity contribution in [1.82, 2.24) is 10.6 Å². The molecule has 0 saturated heterocycles. The maximum Gasteiger partial charge on any atom is 0.314 e. The number of rotatable bonds is 21. The number of urea groups is 1. The predicted octanol–water partition coefficient (Wildman–Crippen LogP) is 7.80. The van der Waals surface area contributed by atoms with Gasteiger partial charge in [-0.05, 0) is 30.5 Å². The average Bonchev–Trinajstić information content (AvgIpc) is 2.81. The molecule has 1 rings (SSSR count). The molecule has 1 aromatic rings. The number of hydrogen-bond acceptors (Lipinski definition) is 2. The van der Waals surface area contributed by atoms with E-state index >= 15 is 0 Å². The maximum absolute atomic E-state index is 11.9. The highest BCUT2D eigenvalue weighted by Gasteiger charge is 2.00. The van der Waals surface area contributed by atoms with Crippen molar-refractivity contribution in [2.75, 3.05) is 20.2 Å². The van der Waals surface area contributed by atoms with Gasteiger partial charge >= 0.3 is 6.03 Å². The Labute approximate surface area is 198 Å². The smallest absolute Gasteiger partial charge is 0.314 e. The maximum atomic E-state index is 11.9. The van der Waals surface area contributed by atoms with Crippen LogP contribution in [-0.2, 0) is 6.42 Å². The van der Waals surface area contributed by atoms with Crippen molar-refractivity contribution in [3.63, 3.8) is 0 Å². The third-order valence-corrected chi connectivity index (χ3v) is 6.17. The van der Waals surface area contributed by atoms with Gasteiger partial charge in [-0.2, -0.15) is 0 Å². The molecular weight excluding hydrogens is 396 g/mol. The van der Waals surface area contributed by atoms with E-state index in [0.717, 1.165) is 25.1 Å². The summed E-state index contributed by atoms with van der Waals surface area (Å²) in [5.41, 5.74) is 1.20. The highest BCUT2D eigenvalue weighted by molar-refractivity contribution is 5.73. The highest BCUT2D eigenvalue weighted by atomic mass is 16.5. The number of carbonyl (C=O) groups excluding carboxylic acids is 1. The van der Waals surface area contributed by atoms with Gasteiger partial charge in [-0.3, -0.25) is 0 Å². The molecule has 0 saturated carbocycles. The first-order valence-electron chi connectivity index (χ1n) is 13.4. The van der Waals surface area contributed by atoms with Gasteiger partial charge in [0.2, 0.25) is 0 Å². The second-order valence-corrected chi connectivity index (χ2v) is 9.08. The van der Waals surface area contributed by atoms with E-state index in [4.69, 9.17) is 4.74 Å². The third kappa shape index (κ3) is 16.9. The fourth-order valence-electron chi connectivity index (χ4n) is 4.05. The zero-order chi connectivity index (χ0) is 23.1. The van der Waals surface area contributed by atoms with Gasteiger partial charge in [0, 0.05) is 13.1 Å². The van der Waals surface area contributed by atoms with E-state index in [-0.39, 0.29) is 6.03 Å². The molecule has 0 aliphatic heterocycles. The molecule has 0 aromatic heterocycles. The SMILES string of the molecule is CCCCCCCCCCCCCCCCCCNC(=O)NCCc1ccc(OC)cc1. The van der Waals surface area contributed by atoms with Crippen molar-refractivity contribution in [2.24, 2.45) is 0 Å². The van der Waals surface area contributed by atoms with Crippen molar-refractivity contribution in [3.8, 4) is 5.75 Å². The van der Waals surface area contributed by atoms with Gasteiger partial charge in [0.1, 0.15) is 5.75 Å². The lowest BCUT2D eigenvalue weighted by Gasteiger charge is -2.08. The molecule has 0 spiro atoms. The van der Waals surface area contributed by atoms with Crippen LogP contribution in [0.3, 0.4) is 0 Å². The van der Waals surface area contributed by atoms with E-state index in [1.807, 2.05) is 24.3 Å². The number of nitrogens with one attached hydrogen (secondary N) is 2. The Balaban J connectivity index is 1.78. The number of amides is 2. The average molecular weight is 447 g/mol. The molecule has 0 heterocycles. The first-order valence-corrected chi connectivity index (χ1v) is 13.4. The lowest BCUT2D eigenvalue weighted by molar-refractivity contribution is 0.241. The van der Waals surface area contributed by atoms with Gasteiger partial charge in [-0.25, -0.2) is 4.79 Å². The fraction of sp³-hybridized carbons (Fsp3) is 0.750. The highest BCUT2D eigenvalue weighted by Crippen LogP contribution is 2.14. The second kappa shape index (κ2) is 21.2. The lowest BCUT2D eigenvalue weighted by Crippen LogP contribution is -2.37. The summed E-state index contributed by atoms with van der Waals surface area (Å²) in [5.74, 6) is 0.859. The van der Waals surface area contributed by atoms with Crippen molar-refractivity contribution in [1.29, 1.82) is 0 Å². The van der Waals surface area contributed by atoms with Crippen LogP contribution in [0.1, 0.15) is 115 Å². The zero-order valence-corrected chi connectivity index (χ0v) is 21.1. The number of carbonyl (C=O) groups is 1. The summed E-state index contributed by atoms with van der Waals surface area (Å²) >= 11 is 0. The summed E-state index contributed by atoms with van der Waals surface area (Å²) in [6.07, 6.45) is 22.7. The first-order chi connectivity index (χ1) is 15.8. The minimum absolute atomic E-state index is 0.0560. The number of hydrogen-bond donors (Lipinski definition) is 2. The van der Waals surface area contributed by atoms with Crippen molar-refractivity contribution in [2.45, 2.75) is 116 Å². The molecule has 0 unspecified atom stereocenters. The molecule has 184 valence electrons. The Hall–Kier alpha value is -1.71. The number of methoxy groups -OCH3 is 1. The summed E-state index contributed by atoms with van der Waals surface area (Å²) in [6.45, 7) is 3.70. The molecule has 2 amide bonds. The molecule has 0 aliphatic rings. The molecule has 4 heteroatoms. The van der Waals surface area contributed by atoms with E-state index in [1.54, 1.807) is 7.11 Å². The molecular formula is C28H50N2O2. The minimum atomic E-state index is -0.0560. The van der Waals surface area contributed by atoms with E-state index in [9.17, 15) is 4.79 Å². The quantitative estimate of drug-likeness (QED) is 0.189. The largest absolute Gasteiger partial charge is 0.497 e. The van der Waals surface area contributed by atoms with Gasteiger partial charge in [-0.1, -0.05) is 115 Å². The molecule has 4 nitrogen and oxygen atoms in total. The monoisotopic (exact) mass is 446 g/mol. The van der Waals surface area contributed by atoms with Crippen LogP contribution in [0.15, 0.2) is 24.3 Å². The molecule has 2 N–H and O–H groups in total. The van der Waals surface area contributed by atoms with Gasteiger partial charge < -0.3 is 15.4 Å². The molecule has 0 aliphatic carbocycles. The molecule has 32 heavy (non-hydrogen) atoms. The Kier molecular flexibility index (Phi) is 18.7. The van der Waals surface area contributed by atoms with Crippen molar-refractivity contribution in [3.05, 3.63) is 29.8 Å². The Morgan fingerprint density at radius 3 is 1.56 bits per heavy atom. The number of benzene rings is 1. The van der Waals surface area contributed by atoms with Crippen LogP contribution in [0.2, 0.25) is 0 Å². The molecule has 0 bridgehead atoms.